The fourth-order valence-electron chi connectivity index (χ4n) is 3.88. The van der Waals surface area contributed by atoms with Crippen LogP contribution in [0.15, 0.2) is 96.0 Å². The van der Waals surface area contributed by atoms with Gasteiger partial charge in [0, 0.05) is 10.9 Å². The van der Waals surface area contributed by atoms with Gasteiger partial charge in [0.15, 0.2) is 4.80 Å². The van der Waals surface area contributed by atoms with Crippen molar-refractivity contribution < 1.29 is 4.79 Å². The zero-order valence-corrected chi connectivity index (χ0v) is 18.2. The number of aromatic nitrogens is 1. The number of rotatable bonds is 4. The number of fused-ring (bicyclic) bond motifs is 3. The third-order valence-corrected chi connectivity index (χ3v) is 6.60. The third kappa shape index (κ3) is 3.87. The van der Waals surface area contributed by atoms with Crippen LogP contribution in [-0.2, 0) is 13.0 Å². The molecule has 5 aromatic rings. The lowest BCUT2D eigenvalue weighted by Gasteiger charge is -2.03. The molecule has 32 heavy (non-hydrogen) atoms. The van der Waals surface area contributed by atoms with E-state index in [1.165, 1.54) is 16.9 Å². The maximum absolute atomic E-state index is 13.0. The molecule has 0 saturated heterocycles. The zero-order chi connectivity index (χ0) is 21.9. The molecule has 0 aliphatic heterocycles. The van der Waals surface area contributed by atoms with E-state index in [9.17, 15) is 4.79 Å². The van der Waals surface area contributed by atoms with Crippen LogP contribution in [0.4, 0.5) is 0 Å². The van der Waals surface area contributed by atoms with Crippen LogP contribution < -0.4 is 4.80 Å². The normalized spacial score (nSPS) is 11.7. The standard InChI is InChI=1S/C28H20N2OS/c1-2-18-30-25-17-16-22-10-6-7-11-24(22)26(25)32-28(30)29-27(31)23-14-12-21(13-15-23)19-20-8-4-3-5-9-20/h1,3-17H,18-19H2. The maximum atomic E-state index is 13.0. The number of thiazole rings is 1. The summed E-state index contributed by atoms with van der Waals surface area (Å²) in [4.78, 5) is 18.0. The van der Waals surface area contributed by atoms with Crippen LogP contribution in [0.5, 0.6) is 0 Å². The predicted octanol–water partition coefficient (Wildman–Crippen LogP) is 5.82. The summed E-state index contributed by atoms with van der Waals surface area (Å²) in [6.45, 7) is 0.362. The molecule has 0 radical (unpaired) electrons. The molecule has 0 aliphatic rings. The summed E-state index contributed by atoms with van der Waals surface area (Å²) in [7, 11) is 0. The molecule has 3 nitrogen and oxygen atoms in total. The second kappa shape index (κ2) is 8.66. The third-order valence-electron chi connectivity index (χ3n) is 5.47. The summed E-state index contributed by atoms with van der Waals surface area (Å²) in [5.41, 5.74) is 3.96. The molecule has 0 bridgehead atoms. The number of hydrogen-bond donors (Lipinski definition) is 0. The minimum Gasteiger partial charge on any atom is -0.305 e. The Kier molecular flexibility index (Phi) is 5.41. The summed E-state index contributed by atoms with van der Waals surface area (Å²) >= 11 is 1.50. The lowest BCUT2D eigenvalue weighted by Crippen LogP contribution is -2.16. The van der Waals surface area contributed by atoms with Gasteiger partial charge in [0.1, 0.15) is 0 Å². The van der Waals surface area contributed by atoms with Gasteiger partial charge in [-0.25, -0.2) is 0 Å². The predicted molar refractivity (Wildman–Crippen MR) is 132 cm³/mol. The molecule has 0 atom stereocenters. The molecule has 0 saturated carbocycles. The topological polar surface area (TPSA) is 34.4 Å². The Balaban J connectivity index is 1.52. The first-order valence-electron chi connectivity index (χ1n) is 10.4. The van der Waals surface area contributed by atoms with Gasteiger partial charge < -0.3 is 4.57 Å². The Morgan fingerprint density at radius 1 is 0.875 bits per heavy atom. The van der Waals surface area contributed by atoms with Crippen LogP contribution >= 0.6 is 11.3 Å². The molecule has 5 rings (SSSR count). The molecule has 0 N–H and O–H groups in total. The SMILES string of the molecule is C#CCn1c(=NC(=O)c2ccc(Cc3ccccc3)cc2)sc2c3ccccc3ccc21. The van der Waals surface area contributed by atoms with Gasteiger partial charge >= 0.3 is 0 Å². The Morgan fingerprint density at radius 3 is 2.38 bits per heavy atom. The van der Waals surface area contributed by atoms with Crippen molar-refractivity contribution >= 4 is 38.2 Å². The van der Waals surface area contributed by atoms with Gasteiger partial charge in [0.25, 0.3) is 5.91 Å². The number of benzene rings is 4. The van der Waals surface area contributed by atoms with Crippen molar-refractivity contribution in [2.75, 3.05) is 0 Å². The first-order chi connectivity index (χ1) is 15.7. The number of nitrogens with zero attached hydrogens (tertiary/aromatic N) is 2. The summed E-state index contributed by atoms with van der Waals surface area (Å²) in [5.74, 6) is 2.43. The first kappa shape index (κ1) is 20.0. The highest BCUT2D eigenvalue weighted by atomic mass is 32.1. The van der Waals surface area contributed by atoms with Crippen LogP contribution in [-0.4, -0.2) is 10.5 Å². The highest BCUT2D eigenvalue weighted by Crippen LogP contribution is 2.27. The Hall–Kier alpha value is -3.94. The smallest absolute Gasteiger partial charge is 0.279 e. The van der Waals surface area contributed by atoms with Crippen LogP contribution in [0.25, 0.3) is 21.0 Å². The van der Waals surface area contributed by atoms with Crippen LogP contribution in [0.1, 0.15) is 21.5 Å². The van der Waals surface area contributed by atoms with Gasteiger partial charge in [-0.3, -0.25) is 4.79 Å². The van der Waals surface area contributed by atoms with E-state index in [0.29, 0.717) is 16.9 Å². The van der Waals surface area contributed by atoms with Crippen molar-refractivity contribution in [1.82, 2.24) is 4.57 Å². The van der Waals surface area contributed by atoms with Crippen molar-refractivity contribution in [3.63, 3.8) is 0 Å². The molecule has 0 aliphatic carbocycles. The summed E-state index contributed by atoms with van der Waals surface area (Å²) in [6, 6.07) is 30.3. The second-order valence-corrected chi connectivity index (χ2v) is 8.56. The molecule has 4 heteroatoms. The molecule has 1 amide bonds. The van der Waals surface area contributed by atoms with E-state index < -0.39 is 0 Å². The quantitative estimate of drug-likeness (QED) is 0.330. The molecule has 4 aromatic carbocycles. The Labute approximate surface area is 190 Å². The van der Waals surface area contributed by atoms with E-state index >= 15 is 0 Å². The molecule has 0 unspecified atom stereocenters. The number of amides is 1. The van der Waals surface area contributed by atoms with Crippen molar-refractivity contribution in [3.8, 4) is 12.3 Å². The largest absolute Gasteiger partial charge is 0.305 e. The van der Waals surface area contributed by atoms with E-state index in [1.54, 1.807) is 0 Å². The molecular formula is C28H20N2OS. The monoisotopic (exact) mass is 432 g/mol. The Morgan fingerprint density at radius 2 is 1.59 bits per heavy atom. The Bertz CT molecular complexity index is 1530. The van der Waals surface area contributed by atoms with Gasteiger partial charge in [-0.05, 0) is 41.1 Å². The summed E-state index contributed by atoms with van der Waals surface area (Å²) in [6.07, 6.45) is 6.45. The molecule has 0 spiro atoms. The van der Waals surface area contributed by atoms with E-state index in [2.05, 4.69) is 41.2 Å². The van der Waals surface area contributed by atoms with Crippen molar-refractivity contribution in [3.05, 3.63) is 112 Å². The summed E-state index contributed by atoms with van der Waals surface area (Å²) < 4.78 is 3.02. The number of terminal acetylenes is 1. The summed E-state index contributed by atoms with van der Waals surface area (Å²) in [5, 5.41) is 2.29. The van der Waals surface area contributed by atoms with Gasteiger partial charge in [-0.1, -0.05) is 90.1 Å². The van der Waals surface area contributed by atoms with E-state index in [4.69, 9.17) is 6.42 Å². The van der Waals surface area contributed by atoms with Gasteiger partial charge in [0.05, 0.1) is 16.8 Å². The molecule has 1 heterocycles. The van der Waals surface area contributed by atoms with Crippen LogP contribution in [0, 0.1) is 12.3 Å². The highest BCUT2D eigenvalue weighted by molar-refractivity contribution is 7.17. The van der Waals surface area contributed by atoms with Crippen LogP contribution in [0.2, 0.25) is 0 Å². The lowest BCUT2D eigenvalue weighted by molar-refractivity contribution is 0.0998. The second-order valence-electron chi connectivity index (χ2n) is 7.59. The molecular weight excluding hydrogens is 412 g/mol. The first-order valence-corrected chi connectivity index (χ1v) is 11.2. The molecule has 154 valence electrons. The van der Waals surface area contributed by atoms with Gasteiger partial charge in [-0.15, -0.1) is 6.42 Å². The van der Waals surface area contributed by atoms with Gasteiger partial charge in [-0.2, -0.15) is 4.99 Å². The average molecular weight is 433 g/mol. The highest BCUT2D eigenvalue weighted by Gasteiger charge is 2.11. The lowest BCUT2D eigenvalue weighted by atomic mass is 10.0. The van der Waals surface area contributed by atoms with Crippen LogP contribution in [0.3, 0.4) is 0 Å². The zero-order valence-electron chi connectivity index (χ0n) is 17.4. The van der Waals surface area contributed by atoms with E-state index in [0.717, 1.165) is 33.0 Å². The fraction of sp³-hybridized carbons (Fsp3) is 0.0714. The molecule has 1 aromatic heterocycles. The van der Waals surface area contributed by atoms with Gasteiger partial charge in [0.2, 0.25) is 0 Å². The minimum absolute atomic E-state index is 0.266. The number of carbonyl (C=O) groups excluding carboxylic acids is 1. The van der Waals surface area contributed by atoms with E-state index in [1.807, 2.05) is 65.2 Å². The minimum atomic E-state index is -0.266. The fourth-order valence-corrected chi connectivity index (χ4v) is 5.04. The van der Waals surface area contributed by atoms with E-state index in [-0.39, 0.29) is 5.91 Å². The van der Waals surface area contributed by atoms with Crippen molar-refractivity contribution in [2.45, 2.75) is 13.0 Å². The number of carbonyl (C=O) groups is 1. The van der Waals surface area contributed by atoms with Crippen molar-refractivity contribution in [2.24, 2.45) is 4.99 Å². The molecule has 0 fully saturated rings. The maximum Gasteiger partial charge on any atom is 0.279 e. The van der Waals surface area contributed by atoms with Crippen molar-refractivity contribution in [1.29, 1.82) is 0 Å². The average Bonchev–Trinajstić information content (AvgIpc) is 3.18. The number of hydrogen-bond acceptors (Lipinski definition) is 2.